The fourth-order valence-electron chi connectivity index (χ4n) is 2.88. The van der Waals surface area contributed by atoms with Crippen molar-refractivity contribution in [1.82, 2.24) is 19.7 Å². The number of carboxylic acid groups (broad SMARTS) is 1. The first-order valence-corrected chi connectivity index (χ1v) is 8.27. The van der Waals surface area contributed by atoms with Crippen molar-refractivity contribution in [3.05, 3.63) is 34.9 Å². The molecule has 0 saturated carbocycles. The number of methoxy groups -OCH3 is 1. The Labute approximate surface area is 154 Å². The summed E-state index contributed by atoms with van der Waals surface area (Å²) in [5, 5.41) is 20.9. The minimum absolute atomic E-state index is 0.0883. The molecule has 1 aliphatic rings. The van der Waals surface area contributed by atoms with Gasteiger partial charge in [0, 0.05) is 5.02 Å². The maximum absolute atomic E-state index is 12.7. The lowest BCUT2D eigenvalue weighted by Gasteiger charge is -2.33. The third-order valence-corrected chi connectivity index (χ3v) is 4.49. The van der Waals surface area contributed by atoms with Gasteiger partial charge in [0.25, 0.3) is 0 Å². The van der Waals surface area contributed by atoms with Crippen LogP contribution in [0.5, 0.6) is 5.75 Å². The Morgan fingerprint density at radius 3 is 2.88 bits per heavy atom. The molecule has 10 heteroatoms. The number of aliphatic carboxylic acids is 1. The number of aromatic nitrogens is 3. The van der Waals surface area contributed by atoms with Gasteiger partial charge in [0.1, 0.15) is 17.6 Å². The summed E-state index contributed by atoms with van der Waals surface area (Å²) in [7, 11) is 1.51. The van der Waals surface area contributed by atoms with E-state index in [1.807, 2.05) is 0 Å². The summed E-state index contributed by atoms with van der Waals surface area (Å²) in [6.07, 6.45) is 0. The van der Waals surface area contributed by atoms with Gasteiger partial charge in [-0.15, -0.1) is 10.2 Å². The van der Waals surface area contributed by atoms with Gasteiger partial charge in [-0.2, -0.15) is 0 Å². The van der Waals surface area contributed by atoms with Gasteiger partial charge in [0.2, 0.25) is 5.91 Å². The topological polar surface area (TPSA) is 110 Å². The molecule has 9 nitrogen and oxygen atoms in total. The molecule has 2 N–H and O–H groups in total. The number of aryl methyl sites for hydroxylation is 1. The number of hydrogen-bond donors (Lipinski definition) is 2. The fourth-order valence-corrected chi connectivity index (χ4v) is 3.05. The summed E-state index contributed by atoms with van der Waals surface area (Å²) in [6.45, 7) is 1.86. The molecular formula is C16H18ClN5O4. The number of ether oxygens (including phenoxy) is 1. The molecule has 138 valence electrons. The average molecular weight is 380 g/mol. The largest absolute Gasteiger partial charge is 0.495 e. The number of benzene rings is 1. The second kappa shape index (κ2) is 7.20. The van der Waals surface area contributed by atoms with E-state index in [0.717, 1.165) is 0 Å². The van der Waals surface area contributed by atoms with Crippen LogP contribution in [0.3, 0.4) is 0 Å². The molecule has 1 aliphatic heterocycles. The smallest absolute Gasteiger partial charge is 0.328 e. The molecule has 1 aromatic heterocycles. The van der Waals surface area contributed by atoms with E-state index >= 15 is 0 Å². The Morgan fingerprint density at radius 1 is 1.42 bits per heavy atom. The molecule has 1 aromatic carbocycles. The Morgan fingerprint density at radius 2 is 2.19 bits per heavy atom. The third kappa shape index (κ3) is 3.43. The van der Waals surface area contributed by atoms with E-state index in [-0.39, 0.29) is 25.5 Å². The van der Waals surface area contributed by atoms with Gasteiger partial charge in [-0.3, -0.25) is 4.79 Å². The number of fused-ring (bicyclic) bond motifs is 1. The molecule has 1 unspecified atom stereocenters. The predicted molar refractivity (Wildman–Crippen MR) is 93.2 cm³/mol. The zero-order valence-corrected chi connectivity index (χ0v) is 15.0. The Balaban J connectivity index is 1.76. The molecule has 0 radical (unpaired) electrons. The van der Waals surface area contributed by atoms with Crippen LogP contribution in [0.15, 0.2) is 18.2 Å². The predicted octanol–water partition coefficient (Wildman–Crippen LogP) is 1.16. The summed E-state index contributed by atoms with van der Waals surface area (Å²) >= 11 is 5.97. The zero-order valence-electron chi connectivity index (χ0n) is 14.3. The SMILES string of the molecule is COc1ccc(Cl)cc1NCC(=O)N1Cc2nnc(C)n2CC1C(=O)O. The van der Waals surface area contributed by atoms with Crippen LogP contribution < -0.4 is 10.1 Å². The molecule has 0 fully saturated rings. The van der Waals surface area contributed by atoms with Crippen molar-refractivity contribution >= 4 is 29.2 Å². The summed E-state index contributed by atoms with van der Waals surface area (Å²) in [5.41, 5.74) is 0.552. The van der Waals surface area contributed by atoms with Crippen molar-refractivity contribution in [3.63, 3.8) is 0 Å². The van der Waals surface area contributed by atoms with Crippen LogP contribution in [0.2, 0.25) is 5.02 Å². The fraction of sp³-hybridized carbons (Fsp3) is 0.375. The monoisotopic (exact) mass is 379 g/mol. The van der Waals surface area contributed by atoms with E-state index in [2.05, 4.69) is 15.5 Å². The Kier molecular flexibility index (Phi) is 4.99. The highest BCUT2D eigenvalue weighted by Gasteiger charge is 2.36. The second-order valence-electron chi connectivity index (χ2n) is 5.85. The zero-order chi connectivity index (χ0) is 18.8. The standard InChI is InChI=1S/C16H18ClN5O4/c1-9-19-20-14-8-22(12(16(24)25)7-21(9)14)15(23)6-18-11-5-10(17)3-4-13(11)26-2/h3-5,12,18H,6-8H2,1-2H3,(H,24,25). The normalized spacial score (nSPS) is 16.1. The summed E-state index contributed by atoms with van der Waals surface area (Å²) in [5.74, 6) is 0.281. The number of nitrogens with zero attached hydrogens (tertiary/aromatic N) is 4. The number of carbonyl (C=O) groups is 2. The lowest BCUT2D eigenvalue weighted by Crippen LogP contribution is -2.52. The molecule has 1 amide bonds. The van der Waals surface area contributed by atoms with Gasteiger partial charge in [-0.05, 0) is 25.1 Å². The molecule has 0 aliphatic carbocycles. The highest BCUT2D eigenvalue weighted by molar-refractivity contribution is 6.30. The van der Waals surface area contributed by atoms with E-state index < -0.39 is 12.0 Å². The van der Waals surface area contributed by atoms with Gasteiger partial charge < -0.3 is 24.6 Å². The molecule has 0 bridgehead atoms. The Hall–Kier alpha value is -2.81. The Bertz CT molecular complexity index is 853. The van der Waals surface area contributed by atoms with Gasteiger partial charge in [0.05, 0.1) is 32.4 Å². The van der Waals surface area contributed by atoms with E-state index in [4.69, 9.17) is 16.3 Å². The minimum Gasteiger partial charge on any atom is -0.495 e. The number of rotatable bonds is 5. The summed E-state index contributed by atoms with van der Waals surface area (Å²) in [4.78, 5) is 25.6. The van der Waals surface area contributed by atoms with Gasteiger partial charge in [-0.25, -0.2) is 4.79 Å². The van der Waals surface area contributed by atoms with Crippen LogP contribution in [-0.4, -0.2) is 56.3 Å². The number of halogens is 1. The highest BCUT2D eigenvalue weighted by atomic mass is 35.5. The molecule has 3 rings (SSSR count). The van der Waals surface area contributed by atoms with Crippen LogP contribution >= 0.6 is 11.6 Å². The van der Waals surface area contributed by atoms with Crippen molar-refractivity contribution in [1.29, 1.82) is 0 Å². The van der Waals surface area contributed by atoms with E-state index in [1.165, 1.54) is 12.0 Å². The first kappa shape index (κ1) is 18.0. The molecule has 0 saturated heterocycles. The number of carboxylic acids is 1. The van der Waals surface area contributed by atoms with Crippen molar-refractivity contribution < 1.29 is 19.4 Å². The molecule has 1 atom stereocenters. The number of hydrogen-bond acceptors (Lipinski definition) is 6. The maximum Gasteiger partial charge on any atom is 0.328 e. The van der Waals surface area contributed by atoms with Crippen molar-refractivity contribution in [2.75, 3.05) is 19.0 Å². The van der Waals surface area contributed by atoms with Crippen LogP contribution in [0.4, 0.5) is 5.69 Å². The van der Waals surface area contributed by atoms with Gasteiger partial charge in [-0.1, -0.05) is 11.6 Å². The van der Waals surface area contributed by atoms with Crippen molar-refractivity contribution in [2.24, 2.45) is 0 Å². The van der Waals surface area contributed by atoms with Crippen LogP contribution in [0.25, 0.3) is 0 Å². The maximum atomic E-state index is 12.7. The highest BCUT2D eigenvalue weighted by Crippen LogP contribution is 2.27. The average Bonchev–Trinajstić information content (AvgIpc) is 2.99. The summed E-state index contributed by atoms with van der Waals surface area (Å²) < 4.78 is 6.94. The molecule has 26 heavy (non-hydrogen) atoms. The summed E-state index contributed by atoms with van der Waals surface area (Å²) in [6, 6.07) is 4.01. The number of amides is 1. The number of carbonyl (C=O) groups excluding carboxylic acids is 1. The third-order valence-electron chi connectivity index (χ3n) is 4.25. The van der Waals surface area contributed by atoms with Crippen LogP contribution in [0.1, 0.15) is 11.6 Å². The van der Waals surface area contributed by atoms with E-state index in [0.29, 0.717) is 28.1 Å². The molecule has 0 spiro atoms. The van der Waals surface area contributed by atoms with Gasteiger partial charge >= 0.3 is 5.97 Å². The van der Waals surface area contributed by atoms with Crippen molar-refractivity contribution in [3.8, 4) is 5.75 Å². The molecule has 2 heterocycles. The van der Waals surface area contributed by atoms with E-state index in [1.54, 1.807) is 29.7 Å². The first-order valence-electron chi connectivity index (χ1n) is 7.89. The first-order chi connectivity index (χ1) is 12.4. The lowest BCUT2D eigenvalue weighted by atomic mass is 10.2. The molecular weight excluding hydrogens is 362 g/mol. The molecule has 2 aromatic rings. The second-order valence-corrected chi connectivity index (χ2v) is 6.28. The number of nitrogens with one attached hydrogen (secondary N) is 1. The van der Waals surface area contributed by atoms with Crippen molar-refractivity contribution in [2.45, 2.75) is 26.1 Å². The minimum atomic E-state index is -1.07. The van der Waals surface area contributed by atoms with Crippen LogP contribution in [0, 0.1) is 6.92 Å². The van der Waals surface area contributed by atoms with Crippen LogP contribution in [-0.2, 0) is 22.7 Å². The number of anilines is 1. The lowest BCUT2D eigenvalue weighted by molar-refractivity contribution is -0.152. The van der Waals surface area contributed by atoms with E-state index in [9.17, 15) is 14.7 Å². The quantitative estimate of drug-likeness (QED) is 0.802. The van der Waals surface area contributed by atoms with Gasteiger partial charge in [0.15, 0.2) is 5.82 Å².